The van der Waals surface area contributed by atoms with Crippen molar-refractivity contribution in [1.29, 1.82) is 0 Å². The van der Waals surface area contributed by atoms with Crippen molar-refractivity contribution < 1.29 is 18.0 Å². The summed E-state index contributed by atoms with van der Waals surface area (Å²) < 4.78 is 23.7. The Morgan fingerprint density at radius 3 is 2.57 bits per heavy atom. The van der Waals surface area contributed by atoms with Crippen molar-refractivity contribution in [3.8, 4) is 0 Å². The average molecular weight is 355 g/mol. The fraction of sp³-hybridized carbons (Fsp3) is 0.154. The zero-order valence-corrected chi connectivity index (χ0v) is 13.6. The summed E-state index contributed by atoms with van der Waals surface area (Å²) in [7, 11) is -3.92. The molecular weight excluding hydrogens is 342 g/mol. The molecule has 0 aliphatic carbocycles. The van der Waals surface area contributed by atoms with Gasteiger partial charge in [0.05, 0.1) is 23.2 Å². The Morgan fingerprint density at radius 1 is 1.30 bits per heavy atom. The molecule has 2 aromatic heterocycles. The second-order valence-electron chi connectivity index (χ2n) is 4.65. The molecule has 0 unspecified atom stereocenters. The number of thiophene rings is 1. The predicted octanol–water partition coefficient (Wildman–Crippen LogP) is 0.0682. The summed E-state index contributed by atoms with van der Waals surface area (Å²) in [5.74, 6) is 3.95. The molecule has 0 spiro atoms. The summed E-state index contributed by atoms with van der Waals surface area (Å²) in [5, 5.41) is 1.73. The molecule has 2 rings (SSSR count). The molecule has 0 radical (unpaired) electrons. The van der Waals surface area contributed by atoms with Crippen LogP contribution in [0.2, 0.25) is 0 Å². The van der Waals surface area contributed by atoms with Gasteiger partial charge in [-0.2, -0.15) is 4.41 Å². The summed E-state index contributed by atoms with van der Waals surface area (Å²) in [6.45, 7) is -0.260. The number of carbonyl (C=O) groups excluding carboxylic acids is 2. The van der Waals surface area contributed by atoms with E-state index in [4.69, 9.17) is 5.84 Å². The highest BCUT2D eigenvalue weighted by Gasteiger charge is 2.22. The lowest BCUT2D eigenvalue weighted by atomic mass is 10.2. The third-order valence-electron chi connectivity index (χ3n) is 2.90. The van der Waals surface area contributed by atoms with Crippen molar-refractivity contribution >= 4 is 33.1 Å². The van der Waals surface area contributed by atoms with Gasteiger partial charge in [0.25, 0.3) is 11.5 Å². The van der Waals surface area contributed by atoms with Crippen molar-refractivity contribution in [3.63, 3.8) is 0 Å². The predicted molar refractivity (Wildman–Crippen MR) is 84.6 cm³/mol. The van der Waals surface area contributed by atoms with Crippen molar-refractivity contribution in [2.45, 2.75) is 6.54 Å². The molecule has 122 valence electrons. The molecule has 8 nitrogen and oxygen atoms in total. The van der Waals surface area contributed by atoms with Gasteiger partial charge in [0.15, 0.2) is 5.78 Å². The lowest BCUT2D eigenvalue weighted by Gasteiger charge is -2.14. The maximum absolute atomic E-state index is 12.0. The van der Waals surface area contributed by atoms with Crippen LogP contribution in [0.5, 0.6) is 0 Å². The summed E-state index contributed by atoms with van der Waals surface area (Å²) in [6, 6.07) is 5.56. The Kier molecular flexibility index (Phi) is 4.78. The Morgan fingerprint density at radius 2 is 2.00 bits per heavy atom. The molecule has 0 fully saturated rings. The van der Waals surface area contributed by atoms with Crippen molar-refractivity contribution in [2.75, 3.05) is 6.26 Å². The van der Waals surface area contributed by atoms with Gasteiger partial charge in [-0.3, -0.25) is 14.4 Å². The van der Waals surface area contributed by atoms with Gasteiger partial charge in [-0.05, 0) is 17.5 Å². The standard InChI is InChI=1S/C13H13N3O5S2/c1-23(20,21)16(14)13(19)9-4-5-12(18)15(7-9)8-10(17)11-3-2-6-22-11/h2-7H,8,14H2,1H3. The summed E-state index contributed by atoms with van der Waals surface area (Å²) in [6.07, 6.45) is 1.89. The molecule has 2 heterocycles. The molecule has 2 aromatic rings. The summed E-state index contributed by atoms with van der Waals surface area (Å²) >= 11 is 1.24. The fourth-order valence-electron chi connectivity index (χ4n) is 1.73. The van der Waals surface area contributed by atoms with Gasteiger partial charge < -0.3 is 4.57 Å². The number of nitrogens with two attached hydrogens (primary N) is 1. The monoisotopic (exact) mass is 355 g/mol. The van der Waals surface area contributed by atoms with E-state index in [1.165, 1.54) is 11.3 Å². The summed E-state index contributed by atoms with van der Waals surface area (Å²) in [5.41, 5.74) is -0.606. The van der Waals surface area contributed by atoms with Gasteiger partial charge in [0.1, 0.15) is 0 Å². The van der Waals surface area contributed by atoms with Crippen molar-refractivity contribution in [2.24, 2.45) is 5.84 Å². The molecule has 23 heavy (non-hydrogen) atoms. The molecule has 0 atom stereocenters. The number of hydrogen-bond donors (Lipinski definition) is 1. The molecular formula is C13H13N3O5S2. The highest BCUT2D eigenvalue weighted by Crippen LogP contribution is 2.10. The second-order valence-corrected chi connectivity index (χ2v) is 7.46. The van der Waals surface area contributed by atoms with Gasteiger partial charge in [-0.1, -0.05) is 6.07 Å². The number of carbonyl (C=O) groups is 2. The van der Waals surface area contributed by atoms with Crippen LogP contribution in [0.15, 0.2) is 40.6 Å². The zero-order chi connectivity index (χ0) is 17.2. The van der Waals surface area contributed by atoms with Crippen LogP contribution in [0.4, 0.5) is 0 Å². The molecule has 2 N–H and O–H groups in total. The Labute approximate surface area is 135 Å². The zero-order valence-electron chi connectivity index (χ0n) is 12.0. The Bertz CT molecular complexity index is 900. The lowest BCUT2D eigenvalue weighted by molar-refractivity contribution is 0.0859. The van der Waals surface area contributed by atoms with E-state index in [1.807, 2.05) is 0 Å². The van der Waals surface area contributed by atoms with Crippen LogP contribution in [0.25, 0.3) is 0 Å². The Hall–Kier alpha value is -2.30. The molecule has 0 aliphatic heterocycles. The highest BCUT2D eigenvalue weighted by molar-refractivity contribution is 7.88. The normalized spacial score (nSPS) is 11.2. The topological polar surface area (TPSA) is 120 Å². The van der Waals surface area contributed by atoms with E-state index in [9.17, 15) is 22.8 Å². The molecule has 10 heteroatoms. The number of pyridine rings is 1. The van der Waals surface area contributed by atoms with Gasteiger partial charge in [0, 0.05) is 12.3 Å². The minimum Gasteiger partial charge on any atom is -0.307 e. The molecule has 0 saturated heterocycles. The summed E-state index contributed by atoms with van der Waals surface area (Å²) in [4.78, 5) is 36.3. The maximum atomic E-state index is 12.0. The first-order valence-electron chi connectivity index (χ1n) is 6.26. The quantitative estimate of drug-likeness (QED) is 0.351. The van der Waals surface area contributed by atoms with Crippen LogP contribution >= 0.6 is 11.3 Å². The molecule has 0 bridgehead atoms. The minimum absolute atomic E-state index is 0.0816. The van der Waals surface area contributed by atoms with Gasteiger partial charge in [0.2, 0.25) is 10.0 Å². The number of amides is 1. The smallest absolute Gasteiger partial charge is 0.283 e. The number of aromatic nitrogens is 1. The van der Waals surface area contributed by atoms with E-state index in [2.05, 4.69) is 0 Å². The van der Waals surface area contributed by atoms with Crippen molar-refractivity contribution in [1.82, 2.24) is 8.98 Å². The third kappa shape index (κ3) is 3.92. The maximum Gasteiger partial charge on any atom is 0.283 e. The van der Waals surface area contributed by atoms with E-state index in [0.29, 0.717) is 4.88 Å². The minimum atomic E-state index is -3.92. The Balaban J connectivity index is 2.31. The molecule has 0 aliphatic rings. The number of sulfonamides is 1. The van der Waals surface area contributed by atoms with Gasteiger partial charge in [-0.15, -0.1) is 11.3 Å². The first-order chi connectivity index (χ1) is 10.7. The largest absolute Gasteiger partial charge is 0.307 e. The van der Waals surface area contributed by atoms with E-state index in [0.717, 1.165) is 29.2 Å². The third-order valence-corrected chi connectivity index (χ3v) is 4.69. The number of nitrogens with zero attached hydrogens (tertiary/aromatic N) is 2. The number of hydrogen-bond acceptors (Lipinski definition) is 7. The average Bonchev–Trinajstić information content (AvgIpc) is 3.01. The lowest BCUT2D eigenvalue weighted by Crippen LogP contribution is -2.42. The van der Waals surface area contributed by atoms with Gasteiger partial charge in [-0.25, -0.2) is 14.3 Å². The second kappa shape index (κ2) is 6.44. The highest BCUT2D eigenvalue weighted by atomic mass is 32.2. The van der Waals surface area contributed by atoms with Crippen molar-refractivity contribution in [3.05, 3.63) is 56.6 Å². The van der Waals surface area contributed by atoms with Gasteiger partial charge >= 0.3 is 0 Å². The molecule has 0 aromatic carbocycles. The van der Waals surface area contributed by atoms with Crippen LogP contribution in [0, 0.1) is 0 Å². The van der Waals surface area contributed by atoms with E-state index >= 15 is 0 Å². The first-order valence-corrected chi connectivity index (χ1v) is 8.99. The van der Waals surface area contributed by atoms with E-state index in [1.54, 1.807) is 17.5 Å². The molecule has 0 saturated carbocycles. The van der Waals surface area contributed by atoms with Crippen LogP contribution in [-0.4, -0.2) is 35.3 Å². The molecule has 1 amide bonds. The number of rotatable bonds is 5. The fourth-order valence-corrected chi connectivity index (χ4v) is 2.79. The first kappa shape index (κ1) is 17.1. The SMILES string of the molecule is CS(=O)(=O)N(N)C(=O)c1ccc(=O)n(CC(=O)c2cccs2)c1. The van der Waals surface area contributed by atoms with Crippen LogP contribution in [0.3, 0.4) is 0 Å². The van der Waals surface area contributed by atoms with E-state index in [-0.39, 0.29) is 22.3 Å². The number of hydrazine groups is 1. The number of Topliss-reactive ketones (excluding diaryl/α,β-unsaturated/α-hetero) is 1. The number of ketones is 1. The van der Waals surface area contributed by atoms with Crippen LogP contribution in [0.1, 0.15) is 20.0 Å². The van der Waals surface area contributed by atoms with Crippen LogP contribution < -0.4 is 11.4 Å². The van der Waals surface area contributed by atoms with Crippen LogP contribution in [-0.2, 0) is 16.6 Å². The van der Waals surface area contributed by atoms with E-state index < -0.39 is 21.5 Å².